The predicted octanol–water partition coefficient (Wildman–Crippen LogP) is 4.34. The van der Waals surface area contributed by atoms with Crippen LogP contribution in [0.15, 0.2) is 48.5 Å². The third-order valence-corrected chi connectivity index (χ3v) is 4.74. The summed E-state index contributed by atoms with van der Waals surface area (Å²) in [6, 6.07) is 15.5. The summed E-state index contributed by atoms with van der Waals surface area (Å²) in [6.07, 6.45) is 2.29. The molecule has 2 aromatic rings. The summed E-state index contributed by atoms with van der Waals surface area (Å²) in [4.78, 5) is 14.9. The molecule has 0 spiro atoms. The maximum atomic E-state index is 12.7. The van der Waals surface area contributed by atoms with Gasteiger partial charge in [-0.25, -0.2) is 0 Å². The molecule has 0 aliphatic heterocycles. The smallest absolute Gasteiger partial charge is 0.241 e. The molecule has 1 amide bonds. The summed E-state index contributed by atoms with van der Waals surface area (Å²) in [5.41, 5.74) is 1.90. The quantitative estimate of drug-likeness (QED) is 0.800. The summed E-state index contributed by atoms with van der Waals surface area (Å²) in [6.45, 7) is 2.71. The highest BCUT2D eigenvalue weighted by molar-refractivity contribution is 6.30. The number of nitrogens with one attached hydrogen (secondary N) is 1. The van der Waals surface area contributed by atoms with Gasteiger partial charge >= 0.3 is 0 Å². The fraction of sp³-hybridized carbons (Fsp3) is 0.350. The van der Waals surface area contributed by atoms with Crippen molar-refractivity contribution in [2.75, 3.05) is 12.4 Å². The highest BCUT2D eigenvalue weighted by Gasteiger charge is 2.35. The van der Waals surface area contributed by atoms with Crippen LogP contribution in [0, 0.1) is 0 Å². The van der Waals surface area contributed by atoms with Gasteiger partial charge in [-0.05, 0) is 55.7 Å². The molecular weight excluding hydrogens is 336 g/mol. The number of hydrogen-bond acceptors (Lipinski definition) is 3. The van der Waals surface area contributed by atoms with E-state index in [0.717, 1.165) is 30.8 Å². The van der Waals surface area contributed by atoms with Gasteiger partial charge in [-0.2, -0.15) is 0 Å². The lowest BCUT2D eigenvalue weighted by atomic mass is 10.1. The van der Waals surface area contributed by atoms with Gasteiger partial charge in [0.15, 0.2) is 0 Å². The summed E-state index contributed by atoms with van der Waals surface area (Å²) < 4.78 is 5.21. The van der Waals surface area contributed by atoms with Gasteiger partial charge in [0.05, 0.1) is 13.2 Å². The lowest BCUT2D eigenvalue weighted by Crippen LogP contribution is -2.42. The highest BCUT2D eigenvalue weighted by Crippen LogP contribution is 2.31. The first kappa shape index (κ1) is 17.8. The Morgan fingerprint density at radius 3 is 2.60 bits per heavy atom. The van der Waals surface area contributed by atoms with Crippen molar-refractivity contribution in [3.63, 3.8) is 0 Å². The first-order valence-corrected chi connectivity index (χ1v) is 8.89. The minimum Gasteiger partial charge on any atom is -0.497 e. The monoisotopic (exact) mass is 358 g/mol. The van der Waals surface area contributed by atoms with Crippen LogP contribution in [-0.2, 0) is 11.3 Å². The van der Waals surface area contributed by atoms with Gasteiger partial charge in [-0.1, -0.05) is 29.8 Å². The predicted molar refractivity (Wildman–Crippen MR) is 101 cm³/mol. The molecule has 0 saturated heterocycles. The second-order valence-electron chi connectivity index (χ2n) is 6.43. The van der Waals surface area contributed by atoms with Gasteiger partial charge in [-0.3, -0.25) is 9.69 Å². The first-order chi connectivity index (χ1) is 12.1. The van der Waals surface area contributed by atoms with Crippen LogP contribution in [0.25, 0.3) is 0 Å². The van der Waals surface area contributed by atoms with Crippen LogP contribution in [0.3, 0.4) is 0 Å². The largest absolute Gasteiger partial charge is 0.497 e. The number of rotatable bonds is 7. The molecule has 1 fully saturated rings. The van der Waals surface area contributed by atoms with Crippen molar-refractivity contribution in [2.45, 2.75) is 38.4 Å². The summed E-state index contributed by atoms with van der Waals surface area (Å²) in [5.74, 6) is 0.830. The van der Waals surface area contributed by atoms with Crippen molar-refractivity contribution < 1.29 is 9.53 Å². The van der Waals surface area contributed by atoms with E-state index >= 15 is 0 Å². The molecule has 0 radical (unpaired) electrons. The number of anilines is 1. The Morgan fingerprint density at radius 1 is 1.28 bits per heavy atom. The van der Waals surface area contributed by atoms with Crippen molar-refractivity contribution in [3.05, 3.63) is 59.1 Å². The summed E-state index contributed by atoms with van der Waals surface area (Å²) in [7, 11) is 1.66. The zero-order valence-corrected chi connectivity index (χ0v) is 15.3. The molecule has 0 heterocycles. The van der Waals surface area contributed by atoms with E-state index in [1.807, 2.05) is 31.2 Å². The molecule has 1 aliphatic rings. The number of methoxy groups -OCH3 is 1. The summed E-state index contributed by atoms with van der Waals surface area (Å²) >= 11 is 5.99. The molecule has 0 bridgehead atoms. The average Bonchev–Trinajstić information content (AvgIpc) is 3.44. The number of benzene rings is 2. The minimum absolute atomic E-state index is 0.0114. The van der Waals surface area contributed by atoms with Crippen molar-refractivity contribution >= 4 is 23.2 Å². The van der Waals surface area contributed by atoms with E-state index < -0.39 is 0 Å². The Labute approximate surface area is 153 Å². The van der Waals surface area contributed by atoms with Crippen LogP contribution in [-0.4, -0.2) is 30.0 Å². The molecule has 1 aliphatic carbocycles. The molecule has 0 aromatic heterocycles. The van der Waals surface area contributed by atoms with Crippen LogP contribution in [0.5, 0.6) is 5.75 Å². The first-order valence-electron chi connectivity index (χ1n) is 8.52. The maximum Gasteiger partial charge on any atom is 0.241 e. The zero-order valence-electron chi connectivity index (χ0n) is 14.5. The van der Waals surface area contributed by atoms with Crippen molar-refractivity contribution in [2.24, 2.45) is 0 Å². The second kappa shape index (κ2) is 7.89. The van der Waals surface area contributed by atoms with Gasteiger partial charge < -0.3 is 10.1 Å². The molecule has 1 atom stereocenters. The van der Waals surface area contributed by atoms with Gasteiger partial charge in [0.2, 0.25) is 5.91 Å². The second-order valence-corrected chi connectivity index (χ2v) is 6.86. The Bertz CT molecular complexity index is 729. The van der Waals surface area contributed by atoms with E-state index in [2.05, 4.69) is 22.3 Å². The molecule has 1 saturated carbocycles. The zero-order chi connectivity index (χ0) is 17.8. The van der Waals surface area contributed by atoms with E-state index in [9.17, 15) is 4.79 Å². The fourth-order valence-electron chi connectivity index (χ4n) is 2.89. The van der Waals surface area contributed by atoms with Crippen molar-refractivity contribution in [1.29, 1.82) is 0 Å². The molecule has 5 heteroatoms. The number of carbonyl (C=O) groups excluding carboxylic acids is 1. The van der Waals surface area contributed by atoms with E-state index in [4.69, 9.17) is 16.3 Å². The number of halogens is 1. The van der Waals surface area contributed by atoms with E-state index in [0.29, 0.717) is 11.1 Å². The number of carbonyl (C=O) groups is 1. The van der Waals surface area contributed by atoms with Crippen LogP contribution in [0.4, 0.5) is 5.69 Å². The SMILES string of the molecule is COc1ccc(CN(C2CC2)[C@H](C)C(=O)Nc2cccc(Cl)c2)cc1. The van der Waals surface area contributed by atoms with Crippen molar-refractivity contribution in [1.82, 2.24) is 4.90 Å². The molecule has 0 unspecified atom stereocenters. The van der Waals surface area contributed by atoms with Gasteiger partial charge in [-0.15, -0.1) is 0 Å². The van der Waals surface area contributed by atoms with Crippen LogP contribution in [0.1, 0.15) is 25.3 Å². The number of nitrogens with zero attached hydrogens (tertiary/aromatic N) is 1. The van der Waals surface area contributed by atoms with Gasteiger partial charge in [0.1, 0.15) is 5.75 Å². The minimum atomic E-state index is -0.214. The molecule has 1 N–H and O–H groups in total. The van der Waals surface area contributed by atoms with E-state index in [1.165, 1.54) is 5.56 Å². The Balaban J connectivity index is 1.67. The number of hydrogen-bond donors (Lipinski definition) is 1. The third kappa shape index (κ3) is 4.74. The molecule has 2 aromatic carbocycles. The number of amides is 1. The molecule has 4 nitrogen and oxygen atoms in total. The fourth-order valence-corrected chi connectivity index (χ4v) is 3.08. The number of ether oxygens (including phenoxy) is 1. The standard InChI is InChI=1S/C20H23ClN2O2/c1-14(20(24)22-17-5-3-4-16(21)12-17)23(18-8-9-18)13-15-6-10-19(25-2)11-7-15/h3-7,10-12,14,18H,8-9,13H2,1-2H3,(H,22,24)/t14-/m1/s1. The van der Waals surface area contributed by atoms with E-state index in [-0.39, 0.29) is 11.9 Å². The topological polar surface area (TPSA) is 41.6 Å². The molecule has 25 heavy (non-hydrogen) atoms. The van der Waals surface area contributed by atoms with Gasteiger partial charge in [0, 0.05) is 23.3 Å². The van der Waals surface area contributed by atoms with Gasteiger partial charge in [0.25, 0.3) is 0 Å². The molecule has 132 valence electrons. The molecular formula is C20H23ClN2O2. The molecule has 3 rings (SSSR count). The van der Waals surface area contributed by atoms with Crippen LogP contribution < -0.4 is 10.1 Å². The average molecular weight is 359 g/mol. The Morgan fingerprint density at radius 2 is 2.00 bits per heavy atom. The Hall–Kier alpha value is -2.04. The highest BCUT2D eigenvalue weighted by atomic mass is 35.5. The lowest BCUT2D eigenvalue weighted by Gasteiger charge is -2.28. The Kier molecular flexibility index (Phi) is 5.61. The van der Waals surface area contributed by atoms with Crippen LogP contribution in [0.2, 0.25) is 5.02 Å². The maximum absolute atomic E-state index is 12.7. The summed E-state index contributed by atoms with van der Waals surface area (Å²) in [5, 5.41) is 3.58. The normalized spacial score (nSPS) is 15.0. The van der Waals surface area contributed by atoms with Crippen molar-refractivity contribution in [3.8, 4) is 5.75 Å². The lowest BCUT2D eigenvalue weighted by molar-refractivity contribution is -0.121. The third-order valence-electron chi connectivity index (χ3n) is 4.51. The van der Waals surface area contributed by atoms with E-state index in [1.54, 1.807) is 19.2 Å². The van der Waals surface area contributed by atoms with Crippen LogP contribution >= 0.6 is 11.6 Å².